The number of alkyl halides is 1. The van der Waals surface area contributed by atoms with Gasteiger partial charge >= 0.3 is 10.2 Å². The summed E-state index contributed by atoms with van der Waals surface area (Å²) in [6.45, 7) is -0.242. The minimum atomic E-state index is -4.27. The van der Waals surface area contributed by atoms with Crippen LogP contribution in [0.15, 0.2) is 0 Å². The lowest BCUT2D eigenvalue weighted by molar-refractivity contribution is 0.449. The molecule has 0 N–H and O–H groups in total. The third kappa shape index (κ3) is 13.8. The second kappa shape index (κ2) is 9.07. The van der Waals surface area contributed by atoms with Gasteiger partial charge in [-0.3, -0.25) is 4.39 Å². The predicted octanol–water partition coefficient (Wildman–Crippen LogP) is 3.38. The molecule has 5 heteroatoms. The van der Waals surface area contributed by atoms with Crippen LogP contribution in [0, 0.1) is 0 Å². The van der Waals surface area contributed by atoms with Crippen molar-refractivity contribution < 1.29 is 16.7 Å². The molecule has 0 amide bonds. The van der Waals surface area contributed by atoms with E-state index in [1.807, 2.05) is 0 Å². The van der Waals surface area contributed by atoms with E-state index in [0.717, 1.165) is 38.5 Å². The van der Waals surface area contributed by atoms with Gasteiger partial charge in [0.25, 0.3) is 0 Å². The summed E-state index contributed by atoms with van der Waals surface area (Å²) >= 11 is 0. The van der Waals surface area contributed by atoms with Crippen molar-refractivity contribution in [2.45, 2.75) is 51.4 Å². The maximum absolute atomic E-state index is 12.0. The minimum absolute atomic E-state index is 0.242. The van der Waals surface area contributed by atoms with Crippen LogP contribution in [0.2, 0.25) is 0 Å². The molecule has 0 unspecified atom stereocenters. The molecule has 0 bridgehead atoms. The van der Waals surface area contributed by atoms with Crippen molar-refractivity contribution in [2.24, 2.45) is 0 Å². The van der Waals surface area contributed by atoms with Crippen LogP contribution in [0.25, 0.3) is 0 Å². The van der Waals surface area contributed by atoms with E-state index in [-0.39, 0.29) is 12.4 Å². The summed E-state index contributed by atoms with van der Waals surface area (Å²) in [5.74, 6) is -0.352. The summed E-state index contributed by atoms with van der Waals surface area (Å²) in [6, 6.07) is 0. The van der Waals surface area contributed by atoms with Gasteiger partial charge in [-0.25, -0.2) is 0 Å². The Hall–Kier alpha value is -0.190. The Kier molecular flexibility index (Phi) is 8.95. The van der Waals surface area contributed by atoms with Gasteiger partial charge in [-0.2, -0.15) is 8.42 Å². The van der Waals surface area contributed by atoms with Crippen LogP contribution in [0.3, 0.4) is 0 Å². The second-order valence-electron chi connectivity index (χ2n) is 3.76. The summed E-state index contributed by atoms with van der Waals surface area (Å²) in [7, 11) is -4.27. The highest BCUT2D eigenvalue weighted by Gasteiger charge is 2.05. The van der Waals surface area contributed by atoms with E-state index in [9.17, 15) is 16.7 Å². The quantitative estimate of drug-likeness (QED) is 0.435. The van der Waals surface area contributed by atoms with Crippen molar-refractivity contribution in [2.75, 3.05) is 12.4 Å². The fourth-order valence-electron chi connectivity index (χ4n) is 1.43. The topological polar surface area (TPSA) is 34.1 Å². The van der Waals surface area contributed by atoms with Crippen molar-refractivity contribution in [3.63, 3.8) is 0 Å². The SMILES string of the molecule is O=S(=O)(F)CCCCCCCCCCF. The zero-order chi connectivity index (χ0) is 11.6. The second-order valence-corrected chi connectivity index (χ2v) is 5.25. The summed E-state index contributed by atoms with van der Waals surface area (Å²) < 4.78 is 44.0. The van der Waals surface area contributed by atoms with E-state index in [0.29, 0.717) is 12.8 Å². The summed E-state index contributed by atoms with van der Waals surface area (Å²) in [5.41, 5.74) is 0. The molecule has 0 atom stereocenters. The highest BCUT2D eigenvalue weighted by Crippen LogP contribution is 2.09. The predicted molar refractivity (Wildman–Crippen MR) is 57.8 cm³/mol. The molecule has 0 spiro atoms. The van der Waals surface area contributed by atoms with E-state index in [1.54, 1.807) is 0 Å². The molecule has 0 aromatic carbocycles. The van der Waals surface area contributed by atoms with Gasteiger partial charge in [-0.05, 0) is 12.8 Å². The normalized spacial score (nSPS) is 11.9. The Bertz CT molecular complexity index is 228. The van der Waals surface area contributed by atoms with E-state index < -0.39 is 10.2 Å². The van der Waals surface area contributed by atoms with Crippen LogP contribution < -0.4 is 0 Å². The monoisotopic (exact) mass is 242 g/mol. The number of halogens is 2. The fraction of sp³-hybridized carbons (Fsp3) is 1.00. The van der Waals surface area contributed by atoms with Crippen LogP contribution in [-0.2, 0) is 10.2 Å². The first kappa shape index (κ1) is 14.8. The zero-order valence-electron chi connectivity index (χ0n) is 9.05. The zero-order valence-corrected chi connectivity index (χ0v) is 9.87. The molecule has 0 aromatic heterocycles. The van der Waals surface area contributed by atoms with Crippen LogP contribution in [0.1, 0.15) is 51.4 Å². The van der Waals surface area contributed by atoms with Crippen molar-refractivity contribution in [1.82, 2.24) is 0 Å². The van der Waals surface area contributed by atoms with Gasteiger partial charge in [0.1, 0.15) is 0 Å². The van der Waals surface area contributed by atoms with Crippen molar-refractivity contribution in [1.29, 1.82) is 0 Å². The van der Waals surface area contributed by atoms with Gasteiger partial charge in [-0.15, -0.1) is 3.89 Å². The smallest absolute Gasteiger partial charge is 0.251 e. The Morgan fingerprint density at radius 3 is 1.53 bits per heavy atom. The summed E-state index contributed by atoms with van der Waals surface area (Å²) in [4.78, 5) is 0. The Morgan fingerprint density at radius 2 is 1.13 bits per heavy atom. The molecule has 0 fully saturated rings. The molecular weight excluding hydrogens is 222 g/mol. The van der Waals surface area contributed by atoms with Gasteiger partial charge in [0.15, 0.2) is 0 Å². The van der Waals surface area contributed by atoms with Crippen LogP contribution >= 0.6 is 0 Å². The first-order valence-electron chi connectivity index (χ1n) is 5.54. The molecule has 0 aromatic rings. The average Bonchev–Trinajstić information content (AvgIpc) is 2.14. The van der Waals surface area contributed by atoms with E-state index >= 15 is 0 Å². The lowest BCUT2D eigenvalue weighted by Gasteiger charge is -2.00. The van der Waals surface area contributed by atoms with Gasteiger partial charge in [0.2, 0.25) is 0 Å². The highest BCUT2D eigenvalue weighted by molar-refractivity contribution is 7.86. The van der Waals surface area contributed by atoms with E-state index in [4.69, 9.17) is 0 Å². The van der Waals surface area contributed by atoms with Gasteiger partial charge in [-0.1, -0.05) is 38.5 Å². The number of hydrogen-bond donors (Lipinski definition) is 0. The third-order valence-electron chi connectivity index (χ3n) is 2.27. The number of hydrogen-bond acceptors (Lipinski definition) is 2. The molecule has 0 saturated carbocycles. The molecule has 0 saturated heterocycles. The van der Waals surface area contributed by atoms with Crippen LogP contribution in [0.5, 0.6) is 0 Å². The molecule has 0 heterocycles. The first-order valence-corrected chi connectivity index (χ1v) is 7.10. The van der Waals surface area contributed by atoms with E-state index in [1.165, 1.54) is 0 Å². The lowest BCUT2D eigenvalue weighted by atomic mass is 10.1. The average molecular weight is 242 g/mol. The van der Waals surface area contributed by atoms with Crippen molar-refractivity contribution in [3.05, 3.63) is 0 Å². The molecule has 0 aliphatic rings. The molecule has 2 nitrogen and oxygen atoms in total. The number of unbranched alkanes of at least 4 members (excludes halogenated alkanes) is 7. The van der Waals surface area contributed by atoms with Crippen molar-refractivity contribution in [3.8, 4) is 0 Å². The highest BCUT2D eigenvalue weighted by atomic mass is 32.3. The molecule has 92 valence electrons. The van der Waals surface area contributed by atoms with Crippen LogP contribution in [-0.4, -0.2) is 20.8 Å². The maximum Gasteiger partial charge on any atom is 0.302 e. The molecule has 0 aliphatic heterocycles. The van der Waals surface area contributed by atoms with Crippen LogP contribution in [0.4, 0.5) is 8.28 Å². The Balaban J connectivity index is 3.06. The first-order chi connectivity index (χ1) is 7.06. The largest absolute Gasteiger partial charge is 0.302 e. The molecule has 0 aliphatic carbocycles. The molecular formula is C10H20F2O2S. The van der Waals surface area contributed by atoms with E-state index in [2.05, 4.69) is 0 Å². The Morgan fingerprint density at radius 1 is 0.733 bits per heavy atom. The number of rotatable bonds is 10. The molecule has 15 heavy (non-hydrogen) atoms. The van der Waals surface area contributed by atoms with Crippen molar-refractivity contribution >= 4 is 10.2 Å². The minimum Gasteiger partial charge on any atom is -0.251 e. The Labute approximate surface area is 91.3 Å². The van der Waals surface area contributed by atoms with Gasteiger partial charge in [0.05, 0.1) is 12.4 Å². The summed E-state index contributed by atoms with van der Waals surface area (Å²) in [5, 5.41) is 0. The standard InChI is InChI=1S/C10H20F2O2S/c11-9-7-5-3-1-2-4-6-8-10-15(12,13)14/h1-10H2. The lowest BCUT2D eigenvalue weighted by Crippen LogP contribution is -1.97. The maximum atomic E-state index is 12.0. The molecule has 0 rings (SSSR count). The fourth-order valence-corrected chi connectivity index (χ4v) is 1.98. The van der Waals surface area contributed by atoms with Gasteiger partial charge in [0, 0.05) is 0 Å². The molecule has 0 radical (unpaired) electrons. The third-order valence-corrected chi connectivity index (χ3v) is 3.05. The van der Waals surface area contributed by atoms with Gasteiger partial charge < -0.3 is 0 Å². The summed E-state index contributed by atoms with van der Waals surface area (Å²) in [6.07, 6.45) is 6.78.